The summed E-state index contributed by atoms with van der Waals surface area (Å²) in [4.78, 5) is 0. The Morgan fingerprint density at radius 3 is 2.48 bits per heavy atom. The molecule has 0 spiro atoms. The van der Waals surface area contributed by atoms with Gasteiger partial charge in [0, 0.05) is 11.7 Å². The lowest BCUT2D eigenvalue weighted by Crippen LogP contribution is -2.34. The van der Waals surface area contributed by atoms with Gasteiger partial charge >= 0.3 is 0 Å². The van der Waals surface area contributed by atoms with Crippen LogP contribution in [0.4, 0.5) is 5.69 Å². The van der Waals surface area contributed by atoms with Gasteiger partial charge in [0.15, 0.2) is 0 Å². The van der Waals surface area contributed by atoms with Crippen LogP contribution >= 0.6 is 0 Å². The molecule has 0 amide bonds. The molecule has 2 aromatic carbocycles. The SMILES string of the molecule is Cc1ccc(C2CC(Nc3ccc4c(c3)CCC4)C2)cc1. The number of anilines is 1. The van der Waals surface area contributed by atoms with Crippen molar-refractivity contribution in [2.45, 2.75) is 51.0 Å². The van der Waals surface area contributed by atoms with Crippen molar-refractivity contribution in [1.29, 1.82) is 0 Å². The number of rotatable bonds is 3. The summed E-state index contributed by atoms with van der Waals surface area (Å²) in [6, 6.07) is 16.7. The van der Waals surface area contributed by atoms with E-state index in [1.165, 1.54) is 48.9 Å². The minimum atomic E-state index is 0.649. The Hall–Kier alpha value is -1.76. The van der Waals surface area contributed by atoms with Crippen LogP contribution in [0.15, 0.2) is 42.5 Å². The van der Waals surface area contributed by atoms with Crippen molar-refractivity contribution in [1.82, 2.24) is 0 Å². The van der Waals surface area contributed by atoms with Gasteiger partial charge in [0.2, 0.25) is 0 Å². The summed E-state index contributed by atoms with van der Waals surface area (Å²) in [7, 11) is 0. The smallest absolute Gasteiger partial charge is 0.0345 e. The van der Waals surface area contributed by atoms with Gasteiger partial charge in [-0.3, -0.25) is 0 Å². The van der Waals surface area contributed by atoms with Gasteiger partial charge in [0.05, 0.1) is 0 Å². The zero-order valence-electron chi connectivity index (χ0n) is 12.7. The molecule has 108 valence electrons. The van der Waals surface area contributed by atoms with Gasteiger partial charge in [-0.2, -0.15) is 0 Å². The second kappa shape index (κ2) is 5.22. The van der Waals surface area contributed by atoms with Crippen LogP contribution in [0.3, 0.4) is 0 Å². The average Bonchev–Trinajstić information content (AvgIpc) is 2.91. The third kappa shape index (κ3) is 2.57. The Kier molecular flexibility index (Phi) is 3.21. The lowest BCUT2D eigenvalue weighted by atomic mass is 9.75. The number of hydrogen-bond acceptors (Lipinski definition) is 1. The average molecular weight is 277 g/mol. The van der Waals surface area contributed by atoms with Crippen molar-refractivity contribution in [3.8, 4) is 0 Å². The Labute approximate surface area is 127 Å². The molecule has 1 heteroatoms. The molecular formula is C20H23N. The highest BCUT2D eigenvalue weighted by molar-refractivity contribution is 5.51. The summed E-state index contributed by atoms with van der Waals surface area (Å²) in [5.41, 5.74) is 7.31. The second-order valence-corrected chi connectivity index (χ2v) is 6.76. The summed E-state index contributed by atoms with van der Waals surface area (Å²) >= 11 is 0. The summed E-state index contributed by atoms with van der Waals surface area (Å²) in [5, 5.41) is 3.72. The molecule has 2 aliphatic rings. The van der Waals surface area contributed by atoms with E-state index in [9.17, 15) is 0 Å². The lowest BCUT2D eigenvalue weighted by Gasteiger charge is -2.37. The molecule has 21 heavy (non-hydrogen) atoms. The first kappa shape index (κ1) is 12.9. The maximum atomic E-state index is 3.72. The van der Waals surface area contributed by atoms with E-state index in [2.05, 4.69) is 54.7 Å². The quantitative estimate of drug-likeness (QED) is 0.846. The van der Waals surface area contributed by atoms with Crippen LogP contribution in [0.2, 0.25) is 0 Å². The van der Waals surface area contributed by atoms with Gasteiger partial charge in [-0.1, -0.05) is 35.9 Å². The molecule has 0 aromatic heterocycles. The monoisotopic (exact) mass is 277 g/mol. The molecule has 0 bridgehead atoms. The van der Waals surface area contributed by atoms with Crippen LogP contribution in [-0.2, 0) is 12.8 Å². The van der Waals surface area contributed by atoms with E-state index in [1.807, 2.05) is 0 Å². The van der Waals surface area contributed by atoms with Crippen molar-refractivity contribution < 1.29 is 0 Å². The second-order valence-electron chi connectivity index (χ2n) is 6.76. The fourth-order valence-corrected chi connectivity index (χ4v) is 3.74. The summed E-state index contributed by atoms with van der Waals surface area (Å²) in [6.07, 6.45) is 6.40. The molecule has 1 nitrogen and oxygen atoms in total. The van der Waals surface area contributed by atoms with Gasteiger partial charge in [0.25, 0.3) is 0 Å². The largest absolute Gasteiger partial charge is 0.382 e. The fraction of sp³-hybridized carbons (Fsp3) is 0.400. The van der Waals surface area contributed by atoms with Crippen LogP contribution in [-0.4, -0.2) is 6.04 Å². The number of fused-ring (bicyclic) bond motifs is 1. The van der Waals surface area contributed by atoms with Crippen LogP contribution in [0, 0.1) is 6.92 Å². The van der Waals surface area contributed by atoms with Crippen molar-refractivity contribution in [2.24, 2.45) is 0 Å². The van der Waals surface area contributed by atoms with E-state index in [4.69, 9.17) is 0 Å². The van der Waals surface area contributed by atoms with Crippen LogP contribution in [0.1, 0.15) is 47.4 Å². The van der Waals surface area contributed by atoms with Crippen molar-refractivity contribution in [2.75, 3.05) is 5.32 Å². The van der Waals surface area contributed by atoms with Crippen LogP contribution in [0.5, 0.6) is 0 Å². The highest BCUT2D eigenvalue weighted by Gasteiger charge is 2.30. The predicted molar refractivity (Wildman–Crippen MR) is 89.0 cm³/mol. The molecule has 2 aliphatic carbocycles. The molecule has 0 radical (unpaired) electrons. The normalized spacial score (nSPS) is 23.5. The molecule has 1 fully saturated rings. The third-order valence-corrected chi connectivity index (χ3v) is 5.16. The number of aryl methyl sites for hydroxylation is 3. The van der Waals surface area contributed by atoms with Crippen molar-refractivity contribution in [3.63, 3.8) is 0 Å². The van der Waals surface area contributed by atoms with Crippen LogP contribution in [0.25, 0.3) is 0 Å². The number of benzene rings is 2. The maximum absolute atomic E-state index is 3.72. The van der Waals surface area contributed by atoms with E-state index in [-0.39, 0.29) is 0 Å². The molecule has 0 unspecified atom stereocenters. The Bertz CT molecular complexity index is 635. The molecule has 0 atom stereocenters. The van der Waals surface area contributed by atoms with E-state index < -0.39 is 0 Å². The van der Waals surface area contributed by atoms with E-state index in [1.54, 1.807) is 11.1 Å². The first-order chi connectivity index (χ1) is 10.3. The lowest BCUT2D eigenvalue weighted by molar-refractivity contribution is 0.374. The van der Waals surface area contributed by atoms with Gasteiger partial charge in [-0.15, -0.1) is 0 Å². The van der Waals surface area contributed by atoms with Gasteiger partial charge in [0.1, 0.15) is 0 Å². The Balaban J connectivity index is 1.37. The van der Waals surface area contributed by atoms with Gasteiger partial charge in [-0.05, 0) is 73.8 Å². The van der Waals surface area contributed by atoms with Crippen molar-refractivity contribution in [3.05, 3.63) is 64.7 Å². The molecule has 1 N–H and O–H groups in total. The first-order valence-corrected chi connectivity index (χ1v) is 8.23. The molecule has 0 saturated heterocycles. The summed E-state index contributed by atoms with van der Waals surface area (Å²) < 4.78 is 0. The molecule has 0 heterocycles. The van der Waals surface area contributed by atoms with Crippen LogP contribution < -0.4 is 5.32 Å². The highest BCUT2D eigenvalue weighted by Crippen LogP contribution is 2.39. The summed E-state index contributed by atoms with van der Waals surface area (Å²) in [6.45, 7) is 2.16. The van der Waals surface area contributed by atoms with Crippen molar-refractivity contribution >= 4 is 5.69 Å². The van der Waals surface area contributed by atoms with Gasteiger partial charge < -0.3 is 5.32 Å². The summed E-state index contributed by atoms with van der Waals surface area (Å²) in [5.74, 6) is 0.748. The standard InChI is InChI=1S/C20H23N/c1-14-5-7-16(8-6-14)18-12-20(13-18)21-19-10-9-15-3-2-4-17(15)11-19/h5-11,18,20-21H,2-4,12-13H2,1H3. The van der Waals surface area contributed by atoms with E-state index in [0.717, 1.165) is 5.92 Å². The number of nitrogens with one attached hydrogen (secondary N) is 1. The Morgan fingerprint density at radius 2 is 1.67 bits per heavy atom. The minimum Gasteiger partial charge on any atom is -0.382 e. The van der Waals surface area contributed by atoms with E-state index >= 15 is 0 Å². The predicted octanol–water partition coefficient (Wildman–Crippen LogP) is 4.84. The zero-order valence-corrected chi connectivity index (χ0v) is 12.7. The molecule has 2 aromatic rings. The van der Waals surface area contributed by atoms with Gasteiger partial charge in [-0.25, -0.2) is 0 Å². The molecule has 1 saturated carbocycles. The third-order valence-electron chi connectivity index (χ3n) is 5.16. The zero-order chi connectivity index (χ0) is 14.2. The maximum Gasteiger partial charge on any atom is 0.0345 e. The molecule has 4 rings (SSSR count). The first-order valence-electron chi connectivity index (χ1n) is 8.23. The fourth-order valence-electron chi connectivity index (χ4n) is 3.74. The topological polar surface area (TPSA) is 12.0 Å². The minimum absolute atomic E-state index is 0.649. The molecule has 0 aliphatic heterocycles. The number of hydrogen-bond donors (Lipinski definition) is 1. The Morgan fingerprint density at radius 1 is 0.905 bits per heavy atom. The highest BCUT2D eigenvalue weighted by atomic mass is 14.9. The molecular weight excluding hydrogens is 254 g/mol. The van der Waals surface area contributed by atoms with E-state index in [0.29, 0.717) is 6.04 Å².